The van der Waals surface area contributed by atoms with Gasteiger partial charge in [0, 0.05) is 54.8 Å². The number of fused-ring (bicyclic) bond motifs is 5. The molecule has 1 aromatic carbocycles. The van der Waals surface area contributed by atoms with Crippen molar-refractivity contribution in [1.29, 1.82) is 5.26 Å². The Labute approximate surface area is 262 Å². The van der Waals surface area contributed by atoms with Gasteiger partial charge in [-0.3, -0.25) is 9.69 Å². The fourth-order valence-corrected chi connectivity index (χ4v) is 8.45. The van der Waals surface area contributed by atoms with Gasteiger partial charge in [0.25, 0.3) is 5.91 Å². The number of ether oxygens (including phenoxy) is 2. The van der Waals surface area contributed by atoms with Crippen LogP contribution in [0.15, 0.2) is 30.6 Å². The number of carbonyl (C=O) groups excluding carboxylic acids is 1. The van der Waals surface area contributed by atoms with Crippen molar-refractivity contribution in [2.24, 2.45) is 0 Å². The molecular weight excluding hydrogens is 583 g/mol. The van der Waals surface area contributed by atoms with Gasteiger partial charge in [0.1, 0.15) is 5.82 Å². The molecule has 2 bridgehead atoms. The topological polar surface area (TPSA) is 94.8 Å². The molecule has 2 aromatic rings. The number of hydrogen-bond donors (Lipinski definition) is 0. The molecule has 0 unspecified atom stereocenters. The number of rotatable bonds is 8. The Morgan fingerprint density at radius 2 is 2.07 bits per heavy atom. The first-order valence-corrected chi connectivity index (χ1v) is 16.2. The summed E-state index contributed by atoms with van der Waals surface area (Å²) in [5, 5.41) is 10.3. The maximum atomic E-state index is 13.8. The predicted octanol–water partition coefficient (Wildman–Crippen LogP) is 4.16. The van der Waals surface area contributed by atoms with Crippen LogP contribution < -0.4 is 9.64 Å². The third-order valence-electron chi connectivity index (χ3n) is 10.4. The standard InChI is InChI=1S/C33H38ClFN6O3/c1-21(35)31(42)41-14-13-40(18-22(41)8-11-36)30-26-7-10-33(9-6-25-27(33)4-2-5-28(25)34)17-29(26)37-32(38-30)43-15-3-12-39-19-24-16-23(39)20-44-24/h2,4-5,22-24H,1,3,6-10,12-20H2/t22-,23-,24-,33-/m0/s1. The molecule has 0 saturated carbocycles. The van der Waals surface area contributed by atoms with Crippen LogP contribution in [-0.2, 0) is 34.2 Å². The Hall–Kier alpha value is -3.26. The molecule has 3 saturated heterocycles. The average molecular weight is 621 g/mol. The van der Waals surface area contributed by atoms with E-state index in [1.807, 2.05) is 12.1 Å². The molecule has 1 aromatic heterocycles. The van der Waals surface area contributed by atoms with Crippen LogP contribution in [0.1, 0.15) is 54.5 Å². The Balaban J connectivity index is 1.15. The third kappa shape index (κ3) is 5.33. The maximum absolute atomic E-state index is 13.8. The summed E-state index contributed by atoms with van der Waals surface area (Å²) in [5.41, 5.74) is 4.64. The van der Waals surface area contributed by atoms with Gasteiger partial charge in [-0.2, -0.15) is 15.2 Å². The number of morpholine rings is 1. The SMILES string of the molecule is C=C(F)C(=O)N1CCN(c2nc(OCCCN3C[C@@H]4C[C@H]3CO4)nc3c2CC[C@@]2(CCc4c(Cl)cccc42)C3)C[C@@H]1CC#N. The van der Waals surface area contributed by atoms with E-state index in [1.165, 1.54) is 16.0 Å². The van der Waals surface area contributed by atoms with E-state index < -0.39 is 17.8 Å². The number of hydrogen-bond acceptors (Lipinski definition) is 8. The normalized spacial score (nSPS) is 27.3. The van der Waals surface area contributed by atoms with E-state index in [2.05, 4.69) is 28.5 Å². The van der Waals surface area contributed by atoms with Crippen molar-refractivity contribution in [3.63, 3.8) is 0 Å². The number of anilines is 1. The summed E-state index contributed by atoms with van der Waals surface area (Å²) < 4.78 is 25.8. The zero-order valence-electron chi connectivity index (χ0n) is 24.9. The molecule has 3 fully saturated rings. The monoisotopic (exact) mass is 620 g/mol. The molecule has 11 heteroatoms. The number of likely N-dealkylation sites (tertiary alicyclic amines) is 1. The molecule has 1 spiro atoms. The zero-order valence-corrected chi connectivity index (χ0v) is 25.7. The Morgan fingerprint density at radius 3 is 2.82 bits per heavy atom. The molecule has 3 aliphatic heterocycles. The van der Waals surface area contributed by atoms with Gasteiger partial charge >= 0.3 is 6.01 Å². The highest BCUT2D eigenvalue weighted by atomic mass is 35.5. The van der Waals surface area contributed by atoms with Crippen molar-refractivity contribution in [2.75, 3.05) is 50.8 Å². The molecule has 9 nitrogen and oxygen atoms in total. The number of nitriles is 1. The molecule has 44 heavy (non-hydrogen) atoms. The minimum Gasteiger partial charge on any atom is -0.463 e. The summed E-state index contributed by atoms with van der Waals surface area (Å²) in [5.74, 6) is -0.961. The highest BCUT2D eigenvalue weighted by molar-refractivity contribution is 6.31. The van der Waals surface area contributed by atoms with E-state index in [9.17, 15) is 14.4 Å². The van der Waals surface area contributed by atoms with Crippen molar-refractivity contribution in [1.82, 2.24) is 19.8 Å². The number of benzene rings is 1. The number of amides is 1. The predicted molar refractivity (Wildman–Crippen MR) is 164 cm³/mol. The lowest BCUT2D eigenvalue weighted by atomic mass is 9.69. The summed E-state index contributed by atoms with van der Waals surface area (Å²) >= 11 is 6.61. The van der Waals surface area contributed by atoms with Crippen LogP contribution >= 0.6 is 11.6 Å². The molecule has 4 atom stereocenters. The van der Waals surface area contributed by atoms with Gasteiger partial charge in [0.15, 0.2) is 5.83 Å². The van der Waals surface area contributed by atoms with E-state index in [1.54, 1.807) is 0 Å². The Bertz CT molecular complexity index is 1520. The average Bonchev–Trinajstić information content (AvgIpc) is 3.74. The van der Waals surface area contributed by atoms with Crippen LogP contribution in [0.2, 0.25) is 5.02 Å². The van der Waals surface area contributed by atoms with Gasteiger partial charge in [-0.05, 0) is 62.1 Å². The summed E-state index contributed by atoms with van der Waals surface area (Å²) in [6.07, 6.45) is 7.00. The quantitative estimate of drug-likeness (QED) is 0.321. The fourth-order valence-electron chi connectivity index (χ4n) is 8.18. The van der Waals surface area contributed by atoms with Crippen LogP contribution in [0, 0.1) is 11.3 Å². The number of piperazine rings is 1. The second kappa shape index (κ2) is 11.9. The van der Waals surface area contributed by atoms with E-state index in [-0.39, 0.29) is 18.4 Å². The van der Waals surface area contributed by atoms with Crippen LogP contribution in [0.4, 0.5) is 10.2 Å². The second-order valence-corrected chi connectivity index (χ2v) is 13.3. The molecular formula is C33H38ClFN6O3. The zero-order chi connectivity index (χ0) is 30.4. The van der Waals surface area contributed by atoms with E-state index in [4.69, 9.17) is 31.0 Å². The van der Waals surface area contributed by atoms with Crippen LogP contribution in [-0.4, -0.2) is 89.8 Å². The number of nitrogens with zero attached hydrogens (tertiary/aromatic N) is 6. The van der Waals surface area contributed by atoms with Crippen LogP contribution in [0.25, 0.3) is 0 Å². The van der Waals surface area contributed by atoms with Crippen molar-refractivity contribution < 1.29 is 18.7 Å². The van der Waals surface area contributed by atoms with Crippen molar-refractivity contribution in [2.45, 2.75) is 75.0 Å². The van der Waals surface area contributed by atoms with Crippen molar-refractivity contribution >= 4 is 23.3 Å². The first-order chi connectivity index (χ1) is 21.3. The third-order valence-corrected chi connectivity index (χ3v) is 10.7. The lowest BCUT2D eigenvalue weighted by Gasteiger charge is -2.42. The van der Waals surface area contributed by atoms with E-state index >= 15 is 0 Å². The van der Waals surface area contributed by atoms with Crippen LogP contribution in [0.3, 0.4) is 0 Å². The minimum atomic E-state index is -1.01. The van der Waals surface area contributed by atoms with Gasteiger partial charge in [-0.25, -0.2) is 4.39 Å². The highest BCUT2D eigenvalue weighted by Gasteiger charge is 2.44. The largest absolute Gasteiger partial charge is 0.463 e. The van der Waals surface area contributed by atoms with Gasteiger partial charge in [0.2, 0.25) is 0 Å². The molecule has 0 N–H and O–H groups in total. The molecule has 0 radical (unpaired) electrons. The second-order valence-electron chi connectivity index (χ2n) is 12.9. The Morgan fingerprint density at radius 1 is 1.23 bits per heavy atom. The van der Waals surface area contributed by atoms with Crippen molar-refractivity contribution in [3.8, 4) is 12.1 Å². The van der Waals surface area contributed by atoms with E-state index in [0.29, 0.717) is 37.9 Å². The van der Waals surface area contributed by atoms with Gasteiger partial charge < -0.3 is 19.3 Å². The lowest BCUT2D eigenvalue weighted by Crippen LogP contribution is -2.55. The first-order valence-electron chi connectivity index (χ1n) is 15.8. The first kappa shape index (κ1) is 29.5. The minimum absolute atomic E-state index is 0.0246. The molecule has 232 valence electrons. The Kier molecular flexibility index (Phi) is 7.98. The molecule has 1 amide bonds. The highest BCUT2D eigenvalue weighted by Crippen LogP contribution is 2.50. The van der Waals surface area contributed by atoms with Crippen LogP contribution in [0.5, 0.6) is 6.01 Å². The maximum Gasteiger partial charge on any atom is 0.318 e. The summed E-state index contributed by atoms with van der Waals surface area (Å²) in [6, 6.07) is 8.82. The molecule has 5 aliphatic rings. The lowest BCUT2D eigenvalue weighted by molar-refractivity contribution is -0.131. The summed E-state index contributed by atoms with van der Waals surface area (Å²) in [4.78, 5) is 28.5. The fraction of sp³-hybridized carbons (Fsp3) is 0.576. The smallest absolute Gasteiger partial charge is 0.318 e. The van der Waals surface area contributed by atoms with E-state index in [0.717, 1.165) is 86.7 Å². The summed E-state index contributed by atoms with van der Waals surface area (Å²) in [7, 11) is 0. The van der Waals surface area contributed by atoms with Crippen molar-refractivity contribution in [3.05, 3.63) is 58.0 Å². The van der Waals surface area contributed by atoms with Gasteiger partial charge in [-0.15, -0.1) is 0 Å². The van der Waals surface area contributed by atoms with Gasteiger partial charge in [-0.1, -0.05) is 30.3 Å². The van der Waals surface area contributed by atoms with Gasteiger partial charge in [0.05, 0.1) is 43.5 Å². The molecule has 2 aliphatic carbocycles. The number of aromatic nitrogens is 2. The molecule has 7 rings (SSSR count). The summed E-state index contributed by atoms with van der Waals surface area (Å²) in [6.45, 7) is 7.58. The molecule has 4 heterocycles. The number of carbonyl (C=O) groups is 1. The number of halogens is 2.